The highest BCUT2D eigenvalue weighted by molar-refractivity contribution is 6.31. The van der Waals surface area contributed by atoms with Crippen LogP contribution in [0, 0.1) is 0 Å². The second-order valence-corrected chi connectivity index (χ2v) is 5.55. The number of nitrogens with two attached hydrogens (primary N) is 1. The van der Waals surface area contributed by atoms with E-state index in [0.29, 0.717) is 16.3 Å². The number of carbonyl (C=O) groups excluding carboxylic acids is 1. The fraction of sp³-hybridized carbons (Fsp3) is 0.462. The van der Waals surface area contributed by atoms with E-state index in [1.807, 2.05) is 0 Å². The molecule has 1 atom stereocenters. The number of nitrogens with one attached hydrogen (secondary N) is 1. The summed E-state index contributed by atoms with van der Waals surface area (Å²) in [5.41, 5.74) is 5.70. The average Bonchev–Trinajstić information content (AvgIpc) is 2.25. The van der Waals surface area contributed by atoms with Gasteiger partial charge in [0.25, 0.3) is 0 Å². The smallest absolute Gasteiger partial charge is 0.412 e. The summed E-state index contributed by atoms with van der Waals surface area (Å²) in [6, 6.07) is 4.78. The van der Waals surface area contributed by atoms with E-state index in [4.69, 9.17) is 22.1 Å². The molecular weight excluding hydrogens is 268 g/mol. The molecule has 0 spiro atoms. The zero-order valence-corrected chi connectivity index (χ0v) is 12.0. The van der Waals surface area contributed by atoms with Crippen LogP contribution in [-0.4, -0.2) is 23.3 Å². The Balaban J connectivity index is 2.93. The first kappa shape index (κ1) is 15.8. The van der Waals surface area contributed by atoms with Crippen LogP contribution in [0.5, 0.6) is 0 Å². The molecule has 0 aromatic heterocycles. The molecule has 1 aromatic carbocycles. The predicted octanol–water partition coefficient (Wildman–Crippen LogP) is 2.68. The number of aliphatic hydroxyl groups is 1. The van der Waals surface area contributed by atoms with Gasteiger partial charge in [0.1, 0.15) is 5.60 Å². The van der Waals surface area contributed by atoms with Gasteiger partial charge in [-0.05, 0) is 32.9 Å². The van der Waals surface area contributed by atoms with Crippen LogP contribution in [0.1, 0.15) is 32.4 Å². The van der Waals surface area contributed by atoms with E-state index >= 15 is 0 Å². The molecule has 0 aliphatic rings. The molecule has 106 valence electrons. The van der Waals surface area contributed by atoms with Crippen molar-refractivity contribution in [3.05, 3.63) is 28.8 Å². The Kier molecular flexibility index (Phi) is 5.17. The first-order valence-electron chi connectivity index (χ1n) is 5.90. The lowest BCUT2D eigenvalue weighted by molar-refractivity contribution is 0.0635. The number of hydrogen-bond acceptors (Lipinski definition) is 4. The second-order valence-electron chi connectivity index (χ2n) is 5.11. The van der Waals surface area contributed by atoms with Crippen LogP contribution >= 0.6 is 11.6 Å². The van der Waals surface area contributed by atoms with Crippen molar-refractivity contribution in [1.29, 1.82) is 0 Å². The molecule has 0 saturated heterocycles. The van der Waals surface area contributed by atoms with Crippen LogP contribution in [0.2, 0.25) is 5.02 Å². The molecule has 4 N–H and O–H groups in total. The van der Waals surface area contributed by atoms with Gasteiger partial charge in [-0.25, -0.2) is 4.79 Å². The Morgan fingerprint density at radius 2 is 2.16 bits per heavy atom. The maximum atomic E-state index is 11.7. The minimum absolute atomic E-state index is 0.0463. The van der Waals surface area contributed by atoms with Gasteiger partial charge in [0.05, 0.1) is 11.8 Å². The van der Waals surface area contributed by atoms with E-state index in [1.54, 1.807) is 39.0 Å². The van der Waals surface area contributed by atoms with Gasteiger partial charge in [-0.15, -0.1) is 0 Å². The molecule has 6 heteroatoms. The van der Waals surface area contributed by atoms with Crippen molar-refractivity contribution in [2.75, 3.05) is 11.9 Å². The topological polar surface area (TPSA) is 84.6 Å². The van der Waals surface area contributed by atoms with Crippen LogP contribution in [0.25, 0.3) is 0 Å². The van der Waals surface area contributed by atoms with Crippen LogP contribution in [0.15, 0.2) is 18.2 Å². The monoisotopic (exact) mass is 286 g/mol. The Bertz CT molecular complexity index is 458. The van der Waals surface area contributed by atoms with Crippen molar-refractivity contribution in [2.45, 2.75) is 32.5 Å². The number of carbonyl (C=O) groups is 1. The summed E-state index contributed by atoms with van der Waals surface area (Å²) in [4.78, 5) is 11.7. The number of aliphatic hydroxyl groups excluding tert-OH is 1. The maximum Gasteiger partial charge on any atom is 0.412 e. The van der Waals surface area contributed by atoms with Crippen LogP contribution in [0.4, 0.5) is 10.5 Å². The van der Waals surface area contributed by atoms with Gasteiger partial charge in [0.15, 0.2) is 0 Å². The molecule has 0 aliphatic carbocycles. The number of halogens is 1. The quantitative estimate of drug-likeness (QED) is 0.797. The molecule has 19 heavy (non-hydrogen) atoms. The Hall–Kier alpha value is -1.30. The summed E-state index contributed by atoms with van der Waals surface area (Å²) in [5.74, 6) is 0. The Morgan fingerprint density at radius 1 is 1.53 bits per heavy atom. The summed E-state index contributed by atoms with van der Waals surface area (Å²) < 4.78 is 5.14. The minimum atomic E-state index is -0.873. The Morgan fingerprint density at radius 3 is 2.68 bits per heavy atom. The SMILES string of the molecule is CC(C)(C)OC(=O)Nc1cc(Cl)ccc1C(O)CN. The summed E-state index contributed by atoms with van der Waals surface area (Å²) in [6.07, 6.45) is -1.48. The first-order chi connectivity index (χ1) is 8.73. The number of benzene rings is 1. The standard InChI is InChI=1S/C13H19ClN2O3/c1-13(2,3)19-12(18)16-10-6-8(14)4-5-9(10)11(17)7-15/h4-6,11,17H,7,15H2,1-3H3,(H,16,18). The van der Waals surface area contributed by atoms with Crippen LogP contribution < -0.4 is 11.1 Å². The molecule has 0 aliphatic heterocycles. The van der Waals surface area contributed by atoms with Gasteiger partial charge >= 0.3 is 6.09 Å². The third-order valence-electron chi connectivity index (χ3n) is 2.23. The highest BCUT2D eigenvalue weighted by Gasteiger charge is 2.19. The van der Waals surface area contributed by atoms with Gasteiger partial charge in [-0.1, -0.05) is 17.7 Å². The first-order valence-corrected chi connectivity index (χ1v) is 6.28. The van der Waals surface area contributed by atoms with Crippen molar-refractivity contribution in [3.63, 3.8) is 0 Å². The normalized spacial score (nSPS) is 12.9. The summed E-state index contributed by atoms with van der Waals surface area (Å²) in [7, 11) is 0. The van der Waals surface area contributed by atoms with E-state index in [2.05, 4.69) is 5.32 Å². The number of amides is 1. The number of anilines is 1. The highest BCUT2D eigenvalue weighted by Crippen LogP contribution is 2.26. The fourth-order valence-corrected chi connectivity index (χ4v) is 1.64. The molecule has 5 nitrogen and oxygen atoms in total. The van der Waals surface area contributed by atoms with E-state index in [-0.39, 0.29) is 6.54 Å². The molecule has 0 heterocycles. The zero-order valence-electron chi connectivity index (χ0n) is 11.2. The minimum Gasteiger partial charge on any atom is -0.444 e. The van der Waals surface area contributed by atoms with Crippen molar-refractivity contribution in [1.82, 2.24) is 0 Å². The maximum absolute atomic E-state index is 11.7. The molecule has 0 bridgehead atoms. The van der Waals surface area contributed by atoms with Gasteiger partial charge in [-0.3, -0.25) is 5.32 Å². The van der Waals surface area contributed by atoms with Crippen molar-refractivity contribution < 1.29 is 14.6 Å². The highest BCUT2D eigenvalue weighted by atomic mass is 35.5. The van der Waals surface area contributed by atoms with Gasteiger partial charge in [0.2, 0.25) is 0 Å². The van der Waals surface area contributed by atoms with E-state index in [9.17, 15) is 9.90 Å². The van der Waals surface area contributed by atoms with Crippen LogP contribution in [0.3, 0.4) is 0 Å². The van der Waals surface area contributed by atoms with Gasteiger partial charge < -0.3 is 15.6 Å². The third kappa shape index (κ3) is 5.06. The molecule has 0 radical (unpaired) electrons. The van der Waals surface area contributed by atoms with E-state index in [0.717, 1.165) is 0 Å². The predicted molar refractivity (Wildman–Crippen MR) is 75.3 cm³/mol. The molecule has 1 rings (SSSR count). The number of rotatable bonds is 3. The summed E-state index contributed by atoms with van der Waals surface area (Å²) >= 11 is 5.88. The lowest BCUT2D eigenvalue weighted by Crippen LogP contribution is -2.28. The Labute approximate surface area is 117 Å². The zero-order chi connectivity index (χ0) is 14.6. The average molecular weight is 287 g/mol. The lowest BCUT2D eigenvalue weighted by atomic mass is 10.1. The lowest BCUT2D eigenvalue weighted by Gasteiger charge is -2.21. The van der Waals surface area contributed by atoms with E-state index < -0.39 is 17.8 Å². The second kappa shape index (κ2) is 6.23. The van der Waals surface area contributed by atoms with Crippen molar-refractivity contribution in [2.24, 2.45) is 5.73 Å². The molecule has 0 fully saturated rings. The number of hydrogen-bond donors (Lipinski definition) is 3. The fourth-order valence-electron chi connectivity index (χ4n) is 1.47. The van der Waals surface area contributed by atoms with Crippen molar-refractivity contribution >= 4 is 23.4 Å². The van der Waals surface area contributed by atoms with Crippen LogP contribution in [-0.2, 0) is 4.74 Å². The van der Waals surface area contributed by atoms with Crippen molar-refractivity contribution in [3.8, 4) is 0 Å². The molecule has 1 aromatic rings. The van der Waals surface area contributed by atoms with Gasteiger partial charge in [0, 0.05) is 17.1 Å². The third-order valence-corrected chi connectivity index (χ3v) is 2.47. The number of ether oxygens (including phenoxy) is 1. The summed E-state index contributed by atoms with van der Waals surface area (Å²) in [5, 5.41) is 12.8. The van der Waals surface area contributed by atoms with E-state index in [1.165, 1.54) is 0 Å². The molecule has 1 unspecified atom stereocenters. The molecule has 1 amide bonds. The molecular formula is C13H19ClN2O3. The summed E-state index contributed by atoms with van der Waals surface area (Å²) in [6.45, 7) is 5.34. The molecule has 0 saturated carbocycles. The largest absolute Gasteiger partial charge is 0.444 e. The van der Waals surface area contributed by atoms with Gasteiger partial charge in [-0.2, -0.15) is 0 Å².